The van der Waals surface area contributed by atoms with Gasteiger partial charge >= 0.3 is 5.97 Å². The number of esters is 1. The van der Waals surface area contributed by atoms with E-state index in [2.05, 4.69) is 10.6 Å². The van der Waals surface area contributed by atoms with Crippen molar-refractivity contribution in [2.45, 2.75) is 19.4 Å². The van der Waals surface area contributed by atoms with Crippen molar-refractivity contribution < 1.29 is 19.1 Å². The Kier molecular flexibility index (Phi) is 6.74. The van der Waals surface area contributed by atoms with Gasteiger partial charge in [-0.25, -0.2) is 4.79 Å². The molecule has 0 aliphatic heterocycles. The molecule has 1 atom stereocenters. The van der Waals surface area contributed by atoms with Gasteiger partial charge in [-0.15, -0.1) is 0 Å². The second-order valence-corrected chi connectivity index (χ2v) is 6.05. The number of ether oxygens (including phenoxy) is 1. The molecule has 26 heavy (non-hydrogen) atoms. The summed E-state index contributed by atoms with van der Waals surface area (Å²) in [7, 11) is 1.25. The SMILES string of the molecule is COC(=O)[C@H](Cc1cccc(Cl)c1)NC(=O)c1ccccc1NC(C)=O. The number of rotatable bonds is 6. The molecule has 136 valence electrons. The number of nitrogens with one attached hydrogen (secondary N) is 2. The Morgan fingerprint density at radius 2 is 1.85 bits per heavy atom. The molecular formula is C19H19ClN2O4. The number of amides is 2. The molecule has 0 heterocycles. The Balaban J connectivity index is 2.22. The fourth-order valence-corrected chi connectivity index (χ4v) is 2.66. The van der Waals surface area contributed by atoms with Crippen LogP contribution in [0.4, 0.5) is 5.69 Å². The zero-order valence-corrected chi connectivity index (χ0v) is 15.2. The van der Waals surface area contributed by atoms with E-state index in [1.807, 2.05) is 0 Å². The van der Waals surface area contributed by atoms with Gasteiger partial charge in [-0.1, -0.05) is 35.9 Å². The van der Waals surface area contributed by atoms with Crippen molar-refractivity contribution in [3.63, 3.8) is 0 Å². The minimum atomic E-state index is -0.892. The van der Waals surface area contributed by atoms with Crippen molar-refractivity contribution in [2.24, 2.45) is 0 Å². The fourth-order valence-electron chi connectivity index (χ4n) is 2.45. The molecule has 0 bridgehead atoms. The molecular weight excluding hydrogens is 356 g/mol. The minimum Gasteiger partial charge on any atom is -0.467 e. The van der Waals surface area contributed by atoms with Gasteiger partial charge in [0.15, 0.2) is 0 Å². The lowest BCUT2D eigenvalue weighted by Crippen LogP contribution is -2.43. The molecule has 0 unspecified atom stereocenters. The molecule has 0 spiro atoms. The van der Waals surface area contributed by atoms with Crippen LogP contribution in [0.5, 0.6) is 0 Å². The molecule has 2 aromatic carbocycles. The molecule has 2 amide bonds. The molecule has 0 radical (unpaired) electrons. The number of carbonyl (C=O) groups excluding carboxylic acids is 3. The van der Waals surface area contributed by atoms with E-state index in [0.29, 0.717) is 10.7 Å². The van der Waals surface area contributed by atoms with E-state index in [1.54, 1.807) is 48.5 Å². The third kappa shape index (κ3) is 5.32. The number of carbonyl (C=O) groups is 3. The molecule has 0 aromatic heterocycles. The Morgan fingerprint density at radius 3 is 2.50 bits per heavy atom. The Labute approximate surface area is 156 Å². The van der Waals surface area contributed by atoms with Crippen molar-refractivity contribution in [3.05, 3.63) is 64.7 Å². The summed E-state index contributed by atoms with van der Waals surface area (Å²) < 4.78 is 4.79. The van der Waals surface area contributed by atoms with Gasteiger partial charge in [0.1, 0.15) is 6.04 Å². The van der Waals surface area contributed by atoms with Crippen LogP contribution in [0, 0.1) is 0 Å². The minimum absolute atomic E-state index is 0.223. The smallest absolute Gasteiger partial charge is 0.328 e. The van der Waals surface area contributed by atoms with Crippen molar-refractivity contribution in [3.8, 4) is 0 Å². The van der Waals surface area contributed by atoms with Crippen LogP contribution < -0.4 is 10.6 Å². The molecule has 0 saturated carbocycles. The lowest BCUT2D eigenvalue weighted by Gasteiger charge is -2.18. The molecule has 6 nitrogen and oxygen atoms in total. The summed E-state index contributed by atoms with van der Waals surface area (Å²) in [6, 6.07) is 12.7. The van der Waals surface area contributed by atoms with Crippen LogP contribution in [0.25, 0.3) is 0 Å². The normalized spacial score (nSPS) is 11.3. The maximum atomic E-state index is 12.6. The highest BCUT2D eigenvalue weighted by molar-refractivity contribution is 6.30. The van der Waals surface area contributed by atoms with Crippen molar-refractivity contribution >= 4 is 35.1 Å². The predicted octanol–water partition coefficient (Wildman–Crippen LogP) is 2.81. The highest BCUT2D eigenvalue weighted by Gasteiger charge is 2.24. The van der Waals surface area contributed by atoms with Crippen molar-refractivity contribution in [1.29, 1.82) is 0 Å². The molecule has 0 fully saturated rings. The summed E-state index contributed by atoms with van der Waals surface area (Å²) in [5, 5.41) is 5.79. The third-order valence-corrected chi connectivity index (χ3v) is 3.84. The predicted molar refractivity (Wildman–Crippen MR) is 99.2 cm³/mol. The van der Waals surface area contributed by atoms with Crippen molar-refractivity contribution in [2.75, 3.05) is 12.4 Å². The van der Waals surface area contributed by atoms with E-state index in [0.717, 1.165) is 5.56 Å². The number of halogens is 1. The lowest BCUT2D eigenvalue weighted by atomic mass is 10.0. The zero-order valence-electron chi connectivity index (χ0n) is 14.4. The average Bonchev–Trinajstić information content (AvgIpc) is 2.60. The monoisotopic (exact) mass is 374 g/mol. The average molecular weight is 375 g/mol. The molecule has 7 heteroatoms. The highest BCUT2D eigenvalue weighted by atomic mass is 35.5. The summed E-state index contributed by atoms with van der Waals surface area (Å²) in [4.78, 5) is 36.0. The number of hydrogen-bond acceptors (Lipinski definition) is 4. The molecule has 2 N–H and O–H groups in total. The maximum Gasteiger partial charge on any atom is 0.328 e. The molecule has 2 aromatic rings. The summed E-state index contributed by atoms with van der Waals surface area (Å²) in [6.45, 7) is 1.35. The zero-order chi connectivity index (χ0) is 19.1. The second-order valence-electron chi connectivity index (χ2n) is 5.61. The number of hydrogen-bond donors (Lipinski definition) is 2. The third-order valence-electron chi connectivity index (χ3n) is 3.60. The number of benzene rings is 2. The van der Waals surface area contributed by atoms with Crippen LogP contribution in [-0.2, 0) is 20.7 Å². The lowest BCUT2D eigenvalue weighted by molar-refractivity contribution is -0.142. The van der Waals surface area contributed by atoms with Crippen LogP contribution in [0.3, 0.4) is 0 Å². The molecule has 2 rings (SSSR count). The first-order valence-corrected chi connectivity index (χ1v) is 8.28. The Bertz CT molecular complexity index is 823. The second kappa shape index (κ2) is 9.01. The Morgan fingerprint density at radius 1 is 1.12 bits per heavy atom. The van der Waals surface area contributed by atoms with Gasteiger partial charge in [0, 0.05) is 18.4 Å². The molecule has 0 saturated heterocycles. The first kappa shape index (κ1) is 19.5. The van der Waals surface area contributed by atoms with Gasteiger partial charge in [-0.2, -0.15) is 0 Å². The van der Waals surface area contributed by atoms with E-state index >= 15 is 0 Å². The van der Waals surface area contributed by atoms with Gasteiger partial charge in [-0.05, 0) is 29.8 Å². The summed E-state index contributed by atoms with van der Waals surface area (Å²) in [5.74, 6) is -1.36. The first-order chi connectivity index (χ1) is 12.4. The van der Waals surface area contributed by atoms with Crippen molar-refractivity contribution in [1.82, 2.24) is 5.32 Å². The van der Waals surface area contributed by atoms with Crippen LogP contribution in [0.1, 0.15) is 22.8 Å². The van der Waals surface area contributed by atoms with Gasteiger partial charge in [0.2, 0.25) is 5.91 Å². The quantitative estimate of drug-likeness (QED) is 0.761. The topological polar surface area (TPSA) is 84.5 Å². The molecule has 0 aliphatic carbocycles. The maximum absolute atomic E-state index is 12.6. The van der Waals surface area contributed by atoms with Crippen LogP contribution in [0.2, 0.25) is 5.02 Å². The van der Waals surface area contributed by atoms with Gasteiger partial charge in [-0.3, -0.25) is 9.59 Å². The Hall–Kier alpha value is -2.86. The number of para-hydroxylation sites is 1. The van der Waals surface area contributed by atoms with Gasteiger partial charge in [0.05, 0.1) is 18.4 Å². The summed E-state index contributed by atoms with van der Waals surface area (Å²) in [6.07, 6.45) is 0.223. The number of anilines is 1. The largest absolute Gasteiger partial charge is 0.467 e. The number of methoxy groups -OCH3 is 1. The van der Waals surface area contributed by atoms with E-state index in [1.165, 1.54) is 14.0 Å². The van der Waals surface area contributed by atoms with E-state index in [-0.39, 0.29) is 17.9 Å². The van der Waals surface area contributed by atoms with Gasteiger partial charge in [0.25, 0.3) is 5.91 Å². The molecule has 0 aliphatic rings. The van der Waals surface area contributed by atoms with Crippen LogP contribution >= 0.6 is 11.6 Å². The standard InChI is InChI=1S/C19H19ClN2O4/c1-12(23)21-16-9-4-3-8-15(16)18(24)22-17(19(25)26-2)11-13-6-5-7-14(20)10-13/h3-10,17H,11H2,1-2H3,(H,21,23)(H,22,24)/t17-/m0/s1. The van der Waals surface area contributed by atoms with E-state index in [4.69, 9.17) is 16.3 Å². The summed E-state index contributed by atoms with van der Waals surface area (Å²) >= 11 is 5.97. The first-order valence-electron chi connectivity index (χ1n) is 7.90. The van der Waals surface area contributed by atoms with E-state index in [9.17, 15) is 14.4 Å². The van der Waals surface area contributed by atoms with Gasteiger partial charge < -0.3 is 15.4 Å². The van der Waals surface area contributed by atoms with Crippen LogP contribution in [-0.4, -0.2) is 30.9 Å². The summed E-state index contributed by atoms with van der Waals surface area (Å²) in [5.41, 5.74) is 1.40. The highest BCUT2D eigenvalue weighted by Crippen LogP contribution is 2.16. The van der Waals surface area contributed by atoms with E-state index < -0.39 is 17.9 Å². The van der Waals surface area contributed by atoms with Crippen LogP contribution in [0.15, 0.2) is 48.5 Å². The fraction of sp³-hybridized carbons (Fsp3) is 0.211.